The fourth-order valence-electron chi connectivity index (χ4n) is 3.65. The van der Waals surface area contributed by atoms with Crippen molar-refractivity contribution in [1.82, 2.24) is 9.80 Å². The minimum Gasteiger partial charge on any atom is -0.379 e. The Labute approximate surface area is 138 Å². The van der Waals surface area contributed by atoms with Crippen molar-refractivity contribution in [2.45, 2.75) is 24.8 Å². The van der Waals surface area contributed by atoms with Crippen molar-refractivity contribution >= 4 is 0 Å². The Morgan fingerprint density at radius 1 is 1.13 bits per heavy atom. The summed E-state index contributed by atoms with van der Waals surface area (Å²) in [5.74, 6) is 0.263. The Morgan fingerprint density at radius 3 is 2.48 bits per heavy atom. The van der Waals surface area contributed by atoms with Crippen molar-refractivity contribution in [2.24, 2.45) is 5.73 Å². The van der Waals surface area contributed by atoms with Gasteiger partial charge in [0.05, 0.1) is 13.2 Å². The summed E-state index contributed by atoms with van der Waals surface area (Å²) in [6, 6.07) is 7.62. The van der Waals surface area contributed by atoms with Crippen molar-refractivity contribution in [2.75, 3.05) is 52.5 Å². The normalized spacial score (nSPS) is 22.0. The summed E-state index contributed by atoms with van der Waals surface area (Å²) in [5.41, 5.74) is 6.97. The van der Waals surface area contributed by atoms with Crippen LogP contribution in [0.2, 0.25) is 0 Å². The van der Waals surface area contributed by atoms with Gasteiger partial charge in [0.25, 0.3) is 0 Å². The van der Waals surface area contributed by atoms with Crippen LogP contribution in [0.3, 0.4) is 0 Å². The molecule has 23 heavy (non-hydrogen) atoms. The molecule has 2 saturated heterocycles. The van der Waals surface area contributed by atoms with Gasteiger partial charge < -0.3 is 15.4 Å². The second-order valence-electron chi connectivity index (χ2n) is 6.68. The zero-order valence-electron chi connectivity index (χ0n) is 13.8. The molecule has 0 radical (unpaired) electrons. The van der Waals surface area contributed by atoms with Gasteiger partial charge in [0.15, 0.2) is 0 Å². The molecule has 2 aliphatic rings. The van der Waals surface area contributed by atoms with Crippen LogP contribution in [0.4, 0.5) is 4.39 Å². The summed E-state index contributed by atoms with van der Waals surface area (Å²) in [7, 11) is 0. The Morgan fingerprint density at radius 2 is 1.83 bits per heavy atom. The van der Waals surface area contributed by atoms with Gasteiger partial charge in [-0.05, 0) is 49.5 Å². The number of rotatable bonds is 7. The Kier molecular flexibility index (Phi) is 6.00. The fraction of sp³-hybridized carbons (Fsp3) is 0.667. The minimum absolute atomic E-state index is 0.170. The van der Waals surface area contributed by atoms with Gasteiger partial charge in [-0.25, -0.2) is 4.39 Å². The number of morpholine rings is 1. The van der Waals surface area contributed by atoms with Crippen LogP contribution in [-0.4, -0.2) is 68.3 Å². The van der Waals surface area contributed by atoms with Crippen LogP contribution >= 0.6 is 0 Å². The third kappa shape index (κ3) is 4.51. The zero-order valence-corrected chi connectivity index (χ0v) is 13.8. The lowest BCUT2D eigenvalue weighted by Gasteiger charge is -2.47. The van der Waals surface area contributed by atoms with E-state index in [1.54, 1.807) is 12.1 Å². The van der Waals surface area contributed by atoms with Gasteiger partial charge in [0.2, 0.25) is 0 Å². The van der Waals surface area contributed by atoms with Crippen molar-refractivity contribution in [3.8, 4) is 0 Å². The molecule has 2 aliphatic heterocycles. The van der Waals surface area contributed by atoms with Crippen LogP contribution in [-0.2, 0) is 4.74 Å². The number of likely N-dealkylation sites (tertiary alicyclic amines) is 1. The van der Waals surface area contributed by atoms with Crippen molar-refractivity contribution in [3.05, 3.63) is 35.6 Å². The Bertz CT molecular complexity index is 470. The topological polar surface area (TPSA) is 41.7 Å². The van der Waals surface area contributed by atoms with E-state index in [1.807, 2.05) is 12.1 Å². The molecule has 128 valence electrons. The maximum Gasteiger partial charge on any atom is 0.123 e. The lowest BCUT2D eigenvalue weighted by atomic mass is 9.91. The van der Waals surface area contributed by atoms with Crippen molar-refractivity contribution in [3.63, 3.8) is 0 Å². The standard InChI is InChI=1S/C18H28FN3O/c19-17-3-1-15(2-4-17)16(5-7-20)6-8-21-13-18(14-21)22-9-11-23-12-10-22/h1-4,16,18H,5-14,20H2/t16-/m0/s1. The molecule has 0 spiro atoms. The second kappa shape index (κ2) is 8.20. The summed E-state index contributed by atoms with van der Waals surface area (Å²) < 4.78 is 18.5. The molecule has 2 heterocycles. The van der Waals surface area contributed by atoms with Gasteiger partial charge >= 0.3 is 0 Å². The predicted octanol–water partition coefficient (Wildman–Crippen LogP) is 1.66. The molecule has 0 amide bonds. The second-order valence-corrected chi connectivity index (χ2v) is 6.68. The molecular formula is C18H28FN3O. The molecule has 3 rings (SSSR count). The van der Waals surface area contributed by atoms with E-state index in [-0.39, 0.29) is 5.82 Å². The first-order valence-corrected chi connectivity index (χ1v) is 8.76. The maximum atomic E-state index is 13.1. The van der Waals surface area contributed by atoms with E-state index in [0.717, 1.165) is 45.7 Å². The first-order valence-electron chi connectivity index (χ1n) is 8.76. The number of halogens is 1. The molecule has 1 aromatic carbocycles. The van der Waals surface area contributed by atoms with E-state index in [2.05, 4.69) is 9.80 Å². The van der Waals surface area contributed by atoms with Gasteiger partial charge in [0, 0.05) is 32.2 Å². The molecule has 0 aromatic heterocycles. The average Bonchev–Trinajstić information content (AvgIpc) is 2.54. The number of hydrogen-bond donors (Lipinski definition) is 1. The molecule has 1 aromatic rings. The highest BCUT2D eigenvalue weighted by Gasteiger charge is 2.32. The summed E-state index contributed by atoms with van der Waals surface area (Å²) in [4.78, 5) is 5.07. The van der Waals surface area contributed by atoms with Crippen LogP contribution in [0, 0.1) is 5.82 Å². The van der Waals surface area contributed by atoms with Gasteiger partial charge in [-0.1, -0.05) is 12.1 Å². The largest absolute Gasteiger partial charge is 0.379 e. The molecule has 0 bridgehead atoms. The maximum absolute atomic E-state index is 13.1. The van der Waals surface area contributed by atoms with Crippen LogP contribution in [0.25, 0.3) is 0 Å². The van der Waals surface area contributed by atoms with E-state index < -0.39 is 0 Å². The first-order chi connectivity index (χ1) is 11.3. The number of benzene rings is 1. The van der Waals surface area contributed by atoms with E-state index in [1.165, 1.54) is 18.7 Å². The molecular weight excluding hydrogens is 293 g/mol. The average molecular weight is 321 g/mol. The highest BCUT2D eigenvalue weighted by Crippen LogP contribution is 2.25. The summed E-state index contributed by atoms with van der Waals surface area (Å²) >= 11 is 0. The highest BCUT2D eigenvalue weighted by atomic mass is 19.1. The van der Waals surface area contributed by atoms with Crippen molar-refractivity contribution in [1.29, 1.82) is 0 Å². The SMILES string of the molecule is NCC[C@@H](CCN1CC(N2CCOCC2)C1)c1ccc(F)cc1. The van der Waals surface area contributed by atoms with Crippen LogP contribution in [0.1, 0.15) is 24.3 Å². The number of nitrogens with two attached hydrogens (primary N) is 1. The summed E-state index contributed by atoms with van der Waals surface area (Å²) in [6.07, 6.45) is 2.06. The third-order valence-corrected chi connectivity index (χ3v) is 5.15. The Hall–Kier alpha value is -1.01. The molecule has 5 heteroatoms. The van der Waals surface area contributed by atoms with Gasteiger partial charge in [-0.2, -0.15) is 0 Å². The number of nitrogens with zero attached hydrogens (tertiary/aromatic N) is 2. The van der Waals surface area contributed by atoms with E-state index >= 15 is 0 Å². The predicted molar refractivity (Wildman–Crippen MR) is 90.0 cm³/mol. The Balaban J connectivity index is 1.44. The first kappa shape index (κ1) is 16.8. The number of ether oxygens (including phenoxy) is 1. The lowest BCUT2D eigenvalue weighted by molar-refractivity contribution is -0.0325. The third-order valence-electron chi connectivity index (χ3n) is 5.15. The molecule has 0 aliphatic carbocycles. The van der Waals surface area contributed by atoms with Gasteiger partial charge in [0.1, 0.15) is 5.82 Å². The number of hydrogen-bond acceptors (Lipinski definition) is 4. The summed E-state index contributed by atoms with van der Waals surface area (Å²) in [6.45, 7) is 8.01. The molecule has 2 N–H and O–H groups in total. The molecule has 0 unspecified atom stereocenters. The van der Waals surface area contributed by atoms with Crippen LogP contribution < -0.4 is 5.73 Å². The smallest absolute Gasteiger partial charge is 0.123 e. The summed E-state index contributed by atoms with van der Waals surface area (Å²) in [5, 5.41) is 0. The minimum atomic E-state index is -0.170. The van der Waals surface area contributed by atoms with Crippen molar-refractivity contribution < 1.29 is 9.13 Å². The van der Waals surface area contributed by atoms with E-state index in [0.29, 0.717) is 18.5 Å². The molecule has 4 nitrogen and oxygen atoms in total. The van der Waals surface area contributed by atoms with E-state index in [9.17, 15) is 4.39 Å². The molecule has 2 fully saturated rings. The van der Waals surface area contributed by atoms with E-state index in [4.69, 9.17) is 10.5 Å². The molecule has 1 atom stereocenters. The zero-order chi connectivity index (χ0) is 16.1. The van der Waals surface area contributed by atoms with Gasteiger partial charge in [-0.15, -0.1) is 0 Å². The van der Waals surface area contributed by atoms with Crippen LogP contribution in [0.15, 0.2) is 24.3 Å². The van der Waals surface area contributed by atoms with Crippen LogP contribution in [0.5, 0.6) is 0 Å². The highest BCUT2D eigenvalue weighted by molar-refractivity contribution is 5.20. The monoisotopic (exact) mass is 321 g/mol. The molecule has 0 saturated carbocycles. The van der Waals surface area contributed by atoms with Gasteiger partial charge in [-0.3, -0.25) is 4.90 Å². The quantitative estimate of drug-likeness (QED) is 0.829. The lowest BCUT2D eigenvalue weighted by Crippen LogP contribution is -2.61. The fourth-order valence-corrected chi connectivity index (χ4v) is 3.65.